The lowest BCUT2D eigenvalue weighted by Crippen LogP contribution is -2.22. The van der Waals surface area contributed by atoms with Crippen LogP contribution in [-0.2, 0) is 6.42 Å². The first-order chi connectivity index (χ1) is 6.54. The van der Waals surface area contributed by atoms with Crippen LogP contribution >= 0.6 is 11.3 Å². The highest BCUT2D eigenvalue weighted by Gasteiger charge is 2.16. The van der Waals surface area contributed by atoms with Crippen molar-refractivity contribution in [3.05, 3.63) is 10.7 Å². The molecule has 6 nitrogen and oxygen atoms in total. The molecular formula is C7H10N4O2S. The number of carboxylic acid groups (broad SMARTS) is 1. The number of aromatic nitrogens is 1. The maximum Gasteiger partial charge on any atom is 0.357 e. The lowest BCUT2D eigenvalue weighted by Gasteiger charge is -1.90. The summed E-state index contributed by atoms with van der Waals surface area (Å²) in [6, 6.07) is 0. The van der Waals surface area contributed by atoms with Crippen LogP contribution in [0.1, 0.15) is 22.4 Å². The van der Waals surface area contributed by atoms with E-state index < -0.39 is 5.97 Å². The second-order valence-corrected chi connectivity index (χ2v) is 3.52. The van der Waals surface area contributed by atoms with Crippen molar-refractivity contribution >= 4 is 28.3 Å². The molecule has 1 rings (SSSR count). The van der Waals surface area contributed by atoms with E-state index in [1.54, 1.807) is 0 Å². The summed E-state index contributed by atoms with van der Waals surface area (Å²) in [6.45, 7) is 1.88. The van der Waals surface area contributed by atoms with Crippen molar-refractivity contribution in [2.45, 2.75) is 13.3 Å². The SMILES string of the molecule is CCc1nc(C(=O)O)c(N=C(N)N)s1. The lowest BCUT2D eigenvalue weighted by atomic mass is 10.4. The Morgan fingerprint density at radius 2 is 2.29 bits per heavy atom. The summed E-state index contributed by atoms with van der Waals surface area (Å²) in [4.78, 5) is 18.3. The number of hydrogen-bond acceptors (Lipinski definition) is 4. The Labute approximate surface area is 84.3 Å². The van der Waals surface area contributed by atoms with Gasteiger partial charge >= 0.3 is 5.97 Å². The zero-order valence-electron chi connectivity index (χ0n) is 7.52. The van der Waals surface area contributed by atoms with E-state index in [0.29, 0.717) is 11.4 Å². The van der Waals surface area contributed by atoms with Crippen LogP contribution in [0.3, 0.4) is 0 Å². The molecule has 0 aliphatic heterocycles. The fourth-order valence-corrected chi connectivity index (χ4v) is 1.72. The van der Waals surface area contributed by atoms with E-state index in [1.807, 2.05) is 6.92 Å². The first kappa shape index (κ1) is 10.5. The third-order valence-corrected chi connectivity index (χ3v) is 2.48. The molecule has 0 bridgehead atoms. The van der Waals surface area contributed by atoms with Crippen molar-refractivity contribution in [1.82, 2.24) is 4.98 Å². The number of aliphatic imine (C=N–C) groups is 1. The summed E-state index contributed by atoms with van der Waals surface area (Å²) in [5.74, 6) is -1.29. The molecule has 1 aromatic rings. The lowest BCUT2D eigenvalue weighted by molar-refractivity contribution is 0.0692. The van der Waals surface area contributed by atoms with Crippen molar-refractivity contribution < 1.29 is 9.90 Å². The maximum atomic E-state index is 10.7. The van der Waals surface area contributed by atoms with Crippen molar-refractivity contribution in [3.63, 3.8) is 0 Å². The van der Waals surface area contributed by atoms with Gasteiger partial charge in [0.25, 0.3) is 0 Å². The van der Waals surface area contributed by atoms with Crippen LogP contribution in [0.25, 0.3) is 0 Å². The molecule has 0 saturated heterocycles. The van der Waals surface area contributed by atoms with Crippen LogP contribution in [0.2, 0.25) is 0 Å². The van der Waals surface area contributed by atoms with E-state index in [2.05, 4.69) is 9.98 Å². The summed E-state index contributed by atoms with van der Waals surface area (Å²) in [5.41, 5.74) is 10.2. The molecule has 0 saturated carbocycles. The normalized spacial score (nSPS) is 9.79. The number of hydrogen-bond donors (Lipinski definition) is 3. The Bertz CT molecular complexity index is 381. The number of aromatic carboxylic acids is 1. The standard InChI is InChI=1S/C7H10N4O2S/c1-2-3-10-4(6(12)13)5(14-3)11-7(8)9/h2H2,1H3,(H,12,13)(H4,8,9,11). The summed E-state index contributed by atoms with van der Waals surface area (Å²) in [6.07, 6.45) is 0.658. The summed E-state index contributed by atoms with van der Waals surface area (Å²) < 4.78 is 0. The van der Waals surface area contributed by atoms with E-state index in [0.717, 1.165) is 0 Å². The Balaban J connectivity index is 3.19. The summed E-state index contributed by atoms with van der Waals surface area (Å²) in [5, 5.41) is 9.72. The predicted octanol–water partition coefficient (Wildman–Crippen LogP) is 0.309. The van der Waals surface area contributed by atoms with Gasteiger partial charge in [-0.25, -0.2) is 14.8 Å². The summed E-state index contributed by atoms with van der Waals surface area (Å²) >= 11 is 1.18. The smallest absolute Gasteiger partial charge is 0.357 e. The molecule has 0 atom stereocenters. The Hall–Kier alpha value is -1.63. The quantitative estimate of drug-likeness (QED) is 0.494. The number of nitrogens with two attached hydrogens (primary N) is 2. The van der Waals surface area contributed by atoms with Crippen LogP contribution in [-0.4, -0.2) is 22.0 Å². The third-order valence-electron chi connectivity index (χ3n) is 1.39. The highest BCUT2D eigenvalue weighted by molar-refractivity contribution is 7.15. The van der Waals surface area contributed by atoms with E-state index >= 15 is 0 Å². The molecular weight excluding hydrogens is 204 g/mol. The number of carboxylic acids is 1. The Morgan fingerprint density at radius 1 is 1.64 bits per heavy atom. The van der Waals surface area contributed by atoms with Gasteiger partial charge in [-0.15, -0.1) is 0 Å². The second-order valence-electron chi connectivity index (χ2n) is 2.46. The zero-order chi connectivity index (χ0) is 10.7. The minimum absolute atomic E-state index is 0.0970. The number of rotatable bonds is 3. The predicted molar refractivity (Wildman–Crippen MR) is 53.9 cm³/mol. The van der Waals surface area contributed by atoms with Gasteiger partial charge in [-0.05, 0) is 6.42 Å². The number of carbonyl (C=O) groups is 1. The minimum atomic E-state index is -1.12. The molecule has 0 fully saturated rings. The van der Waals surface area contributed by atoms with Crippen molar-refractivity contribution in [1.29, 1.82) is 0 Å². The molecule has 14 heavy (non-hydrogen) atoms. The van der Waals surface area contributed by atoms with Gasteiger partial charge in [0.1, 0.15) is 0 Å². The van der Waals surface area contributed by atoms with E-state index in [4.69, 9.17) is 16.6 Å². The highest BCUT2D eigenvalue weighted by atomic mass is 32.1. The molecule has 0 radical (unpaired) electrons. The second kappa shape index (κ2) is 4.05. The molecule has 7 heteroatoms. The van der Waals surface area contributed by atoms with Gasteiger partial charge in [-0.3, -0.25) is 0 Å². The minimum Gasteiger partial charge on any atom is -0.476 e. The molecule has 0 aliphatic carbocycles. The fraction of sp³-hybridized carbons (Fsp3) is 0.286. The average molecular weight is 214 g/mol. The van der Waals surface area contributed by atoms with Crippen LogP contribution in [0.15, 0.2) is 4.99 Å². The number of aryl methyl sites for hydroxylation is 1. The Kier molecular flexibility index (Phi) is 3.03. The molecule has 1 aromatic heterocycles. The van der Waals surface area contributed by atoms with Gasteiger partial charge in [-0.1, -0.05) is 18.3 Å². The fourth-order valence-electron chi connectivity index (χ4n) is 0.839. The first-order valence-corrected chi connectivity index (χ1v) is 4.68. The third kappa shape index (κ3) is 2.19. The topological polar surface area (TPSA) is 115 Å². The van der Waals surface area contributed by atoms with Gasteiger partial charge in [0, 0.05) is 0 Å². The van der Waals surface area contributed by atoms with Crippen LogP contribution in [0, 0.1) is 0 Å². The molecule has 5 N–H and O–H groups in total. The summed E-state index contributed by atoms with van der Waals surface area (Å²) in [7, 11) is 0. The van der Waals surface area contributed by atoms with E-state index in [9.17, 15) is 4.79 Å². The molecule has 0 aromatic carbocycles. The van der Waals surface area contributed by atoms with Crippen LogP contribution in [0.4, 0.5) is 5.00 Å². The van der Waals surface area contributed by atoms with Crippen LogP contribution < -0.4 is 11.5 Å². The monoisotopic (exact) mass is 214 g/mol. The molecule has 0 spiro atoms. The van der Waals surface area contributed by atoms with Gasteiger partial charge in [0.15, 0.2) is 16.7 Å². The molecule has 0 aliphatic rings. The molecule has 76 valence electrons. The Morgan fingerprint density at radius 3 is 2.71 bits per heavy atom. The molecule has 0 unspecified atom stereocenters. The molecule has 1 heterocycles. The zero-order valence-corrected chi connectivity index (χ0v) is 8.34. The van der Waals surface area contributed by atoms with Gasteiger partial charge in [-0.2, -0.15) is 0 Å². The molecule has 0 amide bonds. The van der Waals surface area contributed by atoms with Crippen LogP contribution in [0.5, 0.6) is 0 Å². The van der Waals surface area contributed by atoms with E-state index in [-0.39, 0.29) is 16.7 Å². The van der Waals surface area contributed by atoms with Gasteiger partial charge in [0.05, 0.1) is 5.01 Å². The number of thiazole rings is 1. The average Bonchev–Trinajstić information content (AvgIpc) is 2.46. The first-order valence-electron chi connectivity index (χ1n) is 3.87. The maximum absolute atomic E-state index is 10.7. The number of nitrogens with zero attached hydrogens (tertiary/aromatic N) is 2. The van der Waals surface area contributed by atoms with Crippen molar-refractivity contribution in [3.8, 4) is 0 Å². The van der Waals surface area contributed by atoms with Gasteiger partial charge in [0.2, 0.25) is 0 Å². The van der Waals surface area contributed by atoms with Gasteiger partial charge < -0.3 is 16.6 Å². The van der Waals surface area contributed by atoms with E-state index in [1.165, 1.54) is 11.3 Å². The highest BCUT2D eigenvalue weighted by Crippen LogP contribution is 2.27. The number of guanidine groups is 1. The van der Waals surface area contributed by atoms with Crippen molar-refractivity contribution in [2.24, 2.45) is 16.5 Å². The largest absolute Gasteiger partial charge is 0.476 e. The van der Waals surface area contributed by atoms with Crippen molar-refractivity contribution in [2.75, 3.05) is 0 Å².